The number of pyridine rings is 1. The number of carbonyl (C=O) groups excluding carboxylic acids is 1. The molecule has 0 spiro atoms. The van der Waals surface area contributed by atoms with Gasteiger partial charge in [-0.25, -0.2) is 4.98 Å². The number of nitrogens with zero attached hydrogens (tertiary/aromatic N) is 2. The van der Waals surface area contributed by atoms with Gasteiger partial charge in [-0.3, -0.25) is 4.79 Å². The van der Waals surface area contributed by atoms with E-state index in [0.717, 1.165) is 19.8 Å². The second kappa shape index (κ2) is 7.56. The smallest absolute Gasteiger partial charge is 0.425 e. The predicted molar refractivity (Wildman–Crippen MR) is 97.9 cm³/mol. The Morgan fingerprint density at radius 3 is 2.33 bits per heavy atom. The Balaban J connectivity index is 2.31. The first-order chi connectivity index (χ1) is 12.3. The molecule has 0 bridgehead atoms. The lowest BCUT2D eigenvalue weighted by molar-refractivity contribution is -0.189. The molecule has 1 aliphatic carbocycles. The van der Waals surface area contributed by atoms with E-state index in [9.17, 15) is 18.0 Å². The van der Waals surface area contributed by atoms with E-state index in [4.69, 9.17) is 4.74 Å². The van der Waals surface area contributed by atoms with Crippen LogP contribution in [0.2, 0.25) is 0 Å². The van der Waals surface area contributed by atoms with E-state index in [2.05, 4.69) is 10.3 Å². The molecular formula is C19H28F3N3O2. The van der Waals surface area contributed by atoms with E-state index in [0.29, 0.717) is 11.4 Å². The number of carbonyl (C=O) groups is 1. The van der Waals surface area contributed by atoms with Crippen LogP contribution in [0.1, 0.15) is 52.0 Å². The molecule has 1 heterocycles. The van der Waals surface area contributed by atoms with Crippen LogP contribution in [0.3, 0.4) is 0 Å². The van der Waals surface area contributed by atoms with Crippen molar-refractivity contribution in [1.82, 2.24) is 9.88 Å². The maximum absolute atomic E-state index is 12.9. The number of halogens is 3. The summed E-state index contributed by atoms with van der Waals surface area (Å²) < 4.78 is 44.0. The maximum Gasteiger partial charge on any atom is 0.425 e. The van der Waals surface area contributed by atoms with E-state index in [-0.39, 0.29) is 17.6 Å². The first kappa shape index (κ1) is 21.3. The molecule has 0 saturated heterocycles. The van der Waals surface area contributed by atoms with Crippen LogP contribution in [0.4, 0.5) is 19.0 Å². The fraction of sp³-hybridized carbons (Fsp3) is 0.684. The van der Waals surface area contributed by atoms with Crippen molar-refractivity contribution in [3.63, 3.8) is 0 Å². The van der Waals surface area contributed by atoms with E-state index in [1.54, 1.807) is 20.3 Å². The summed E-state index contributed by atoms with van der Waals surface area (Å²) in [7, 11) is 3.32. The Bertz CT molecular complexity index is 680. The van der Waals surface area contributed by atoms with Crippen molar-refractivity contribution in [2.45, 2.75) is 64.8 Å². The second-order valence-electron chi connectivity index (χ2n) is 8.36. The predicted octanol–water partition coefficient (Wildman–Crippen LogP) is 4.20. The minimum absolute atomic E-state index is 0.137. The summed E-state index contributed by atoms with van der Waals surface area (Å²) in [6.07, 6.45) is -3.00. The molecule has 0 aliphatic heterocycles. The first-order valence-corrected chi connectivity index (χ1v) is 9.01. The van der Waals surface area contributed by atoms with Crippen molar-refractivity contribution >= 4 is 11.7 Å². The molecule has 0 aromatic carbocycles. The van der Waals surface area contributed by atoms with E-state index in [1.165, 1.54) is 11.0 Å². The molecule has 1 fully saturated rings. The SMILES string of the molecule is C[C@H](Oc1cc(NC(C(=O)N(C)C)C(C)(C)C)ncc1C1CC1)C(F)(F)F. The number of alkyl halides is 3. The van der Waals surface area contributed by atoms with Crippen LogP contribution in [-0.4, -0.2) is 48.2 Å². The summed E-state index contributed by atoms with van der Waals surface area (Å²) in [5.74, 6) is 0.536. The second-order valence-corrected chi connectivity index (χ2v) is 8.36. The average molecular weight is 387 g/mol. The van der Waals surface area contributed by atoms with Gasteiger partial charge in [0.15, 0.2) is 6.10 Å². The van der Waals surface area contributed by atoms with Gasteiger partial charge in [0, 0.05) is 31.9 Å². The van der Waals surface area contributed by atoms with Gasteiger partial charge in [0.1, 0.15) is 17.6 Å². The summed E-state index contributed by atoms with van der Waals surface area (Å²) in [4.78, 5) is 18.3. The Morgan fingerprint density at radius 1 is 1.30 bits per heavy atom. The Kier molecular flexibility index (Phi) is 5.97. The quantitative estimate of drug-likeness (QED) is 0.795. The molecular weight excluding hydrogens is 359 g/mol. The Labute approximate surface area is 158 Å². The molecule has 1 unspecified atom stereocenters. The van der Waals surface area contributed by atoms with Crippen LogP contribution < -0.4 is 10.1 Å². The van der Waals surface area contributed by atoms with Gasteiger partial charge in [-0.2, -0.15) is 13.2 Å². The average Bonchev–Trinajstić information content (AvgIpc) is 3.34. The van der Waals surface area contributed by atoms with Crippen LogP contribution in [0.15, 0.2) is 12.3 Å². The monoisotopic (exact) mass is 387 g/mol. The van der Waals surface area contributed by atoms with Crippen molar-refractivity contribution in [3.8, 4) is 5.75 Å². The maximum atomic E-state index is 12.9. The van der Waals surface area contributed by atoms with Crippen LogP contribution in [0.5, 0.6) is 5.75 Å². The molecule has 152 valence electrons. The highest BCUT2D eigenvalue weighted by Crippen LogP contribution is 2.45. The van der Waals surface area contributed by atoms with Crippen molar-refractivity contribution in [1.29, 1.82) is 0 Å². The molecule has 1 N–H and O–H groups in total. The normalized spacial score (nSPS) is 17.2. The molecule has 27 heavy (non-hydrogen) atoms. The molecule has 2 rings (SSSR count). The summed E-state index contributed by atoms with van der Waals surface area (Å²) in [5, 5.41) is 3.08. The standard InChI is InChI=1S/C19H28F3N3O2/c1-11(19(20,21)22)27-14-9-15(23-10-13(14)12-7-8-12)24-16(18(2,3)4)17(26)25(5)6/h9-12,16H,7-8H2,1-6H3,(H,23,24)/t11-,16?/m0/s1. The first-order valence-electron chi connectivity index (χ1n) is 9.01. The van der Waals surface area contributed by atoms with Gasteiger partial charge in [0.05, 0.1) is 0 Å². The van der Waals surface area contributed by atoms with Crippen LogP contribution in [0, 0.1) is 5.41 Å². The van der Waals surface area contributed by atoms with Gasteiger partial charge < -0.3 is 15.0 Å². The van der Waals surface area contributed by atoms with Gasteiger partial charge >= 0.3 is 6.18 Å². The van der Waals surface area contributed by atoms with Gasteiger partial charge in [-0.15, -0.1) is 0 Å². The summed E-state index contributed by atoms with van der Waals surface area (Å²) in [6, 6.07) is 0.886. The van der Waals surface area contributed by atoms with Crippen molar-refractivity contribution < 1.29 is 22.7 Å². The number of hydrogen-bond acceptors (Lipinski definition) is 4. The molecule has 0 radical (unpaired) electrons. The number of likely N-dealkylation sites (N-methyl/N-ethyl adjacent to an activating group) is 1. The van der Waals surface area contributed by atoms with Crippen LogP contribution >= 0.6 is 0 Å². The Morgan fingerprint density at radius 2 is 1.89 bits per heavy atom. The van der Waals surface area contributed by atoms with E-state index in [1.807, 2.05) is 20.8 Å². The summed E-state index contributed by atoms with van der Waals surface area (Å²) >= 11 is 0. The minimum Gasteiger partial charge on any atom is -0.481 e. The largest absolute Gasteiger partial charge is 0.481 e. The van der Waals surface area contributed by atoms with Crippen molar-refractivity contribution in [2.75, 3.05) is 19.4 Å². The van der Waals surface area contributed by atoms with Crippen molar-refractivity contribution in [3.05, 3.63) is 17.8 Å². The summed E-state index contributed by atoms with van der Waals surface area (Å²) in [6.45, 7) is 6.72. The van der Waals surface area contributed by atoms with Crippen LogP contribution in [-0.2, 0) is 4.79 Å². The Hall–Kier alpha value is -1.99. The number of rotatable bonds is 6. The number of anilines is 1. The van der Waals surface area contributed by atoms with Gasteiger partial charge in [0.25, 0.3) is 0 Å². The van der Waals surface area contributed by atoms with Crippen LogP contribution in [0.25, 0.3) is 0 Å². The number of hydrogen-bond donors (Lipinski definition) is 1. The molecule has 5 nitrogen and oxygen atoms in total. The zero-order valence-electron chi connectivity index (χ0n) is 16.6. The molecule has 2 atom stereocenters. The zero-order chi connectivity index (χ0) is 20.6. The third kappa shape index (κ3) is 5.49. The molecule has 1 aliphatic rings. The molecule has 1 aromatic heterocycles. The third-order valence-corrected chi connectivity index (χ3v) is 4.52. The summed E-state index contributed by atoms with van der Waals surface area (Å²) in [5.41, 5.74) is 0.265. The lowest BCUT2D eigenvalue weighted by atomic mass is 9.86. The number of aromatic nitrogens is 1. The fourth-order valence-corrected chi connectivity index (χ4v) is 2.64. The third-order valence-electron chi connectivity index (χ3n) is 4.52. The zero-order valence-corrected chi connectivity index (χ0v) is 16.6. The van der Waals surface area contributed by atoms with Gasteiger partial charge in [-0.1, -0.05) is 20.8 Å². The minimum atomic E-state index is -4.45. The number of ether oxygens (including phenoxy) is 1. The topological polar surface area (TPSA) is 54.5 Å². The molecule has 1 aromatic rings. The van der Waals surface area contributed by atoms with Gasteiger partial charge in [0.2, 0.25) is 5.91 Å². The number of amides is 1. The molecule has 1 amide bonds. The lowest BCUT2D eigenvalue weighted by Crippen LogP contribution is -2.47. The fourth-order valence-electron chi connectivity index (χ4n) is 2.64. The number of nitrogens with one attached hydrogen (secondary N) is 1. The molecule has 8 heteroatoms. The van der Waals surface area contributed by atoms with E-state index < -0.39 is 23.7 Å². The van der Waals surface area contributed by atoms with E-state index >= 15 is 0 Å². The lowest BCUT2D eigenvalue weighted by Gasteiger charge is -2.33. The highest BCUT2D eigenvalue weighted by molar-refractivity contribution is 5.85. The van der Waals surface area contributed by atoms with Gasteiger partial charge in [-0.05, 0) is 31.1 Å². The van der Waals surface area contributed by atoms with Crippen molar-refractivity contribution in [2.24, 2.45) is 5.41 Å². The highest BCUT2D eigenvalue weighted by Gasteiger charge is 2.39. The highest BCUT2D eigenvalue weighted by atomic mass is 19.4. The molecule has 1 saturated carbocycles.